The SMILES string of the molecule is Cc1nn(CC(C)C)c(Cl)c1/C=C1\C(=O)N(C)C(=S)N1C. The third kappa shape index (κ3) is 2.82. The van der Waals surface area contributed by atoms with Gasteiger partial charge in [-0.25, -0.2) is 0 Å². The predicted octanol–water partition coefficient (Wildman–Crippen LogP) is 2.53. The average molecular weight is 327 g/mol. The number of nitrogens with zero attached hydrogens (tertiary/aromatic N) is 4. The number of hydrogen-bond acceptors (Lipinski definition) is 3. The van der Waals surface area contributed by atoms with Gasteiger partial charge in [0.05, 0.1) is 5.69 Å². The van der Waals surface area contributed by atoms with Crippen molar-refractivity contribution in [1.82, 2.24) is 19.6 Å². The van der Waals surface area contributed by atoms with Crippen LogP contribution in [-0.2, 0) is 11.3 Å². The monoisotopic (exact) mass is 326 g/mol. The van der Waals surface area contributed by atoms with Crippen LogP contribution < -0.4 is 0 Å². The molecule has 1 aliphatic heterocycles. The lowest BCUT2D eigenvalue weighted by molar-refractivity contribution is -0.121. The summed E-state index contributed by atoms with van der Waals surface area (Å²) in [5.74, 6) is 0.311. The molecule has 1 aliphatic rings. The highest BCUT2D eigenvalue weighted by Gasteiger charge is 2.33. The van der Waals surface area contributed by atoms with Gasteiger partial charge in [0.25, 0.3) is 5.91 Å². The second-order valence-electron chi connectivity index (χ2n) is 5.60. The van der Waals surface area contributed by atoms with Gasteiger partial charge in [0.2, 0.25) is 0 Å². The normalized spacial score (nSPS) is 17.8. The quantitative estimate of drug-likeness (QED) is 0.632. The van der Waals surface area contributed by atoms with Gasteiger partial charge in [0, 0.05) is 26.2 Å². The molecule has 0 N–H and O–H groups in total. The highest BCUT2D eigenvalue weighted by Crippen LogP contribution is 2.27. The first-order valence-electron chi connectivity index (χ1n) is 6.74. The van der Waals surface area contributed by atoms with Gasteiger partial charge in [-0.1, -0.05) is 25.4 Å². The summed E-state index contributed by atoms with van der Waals surface area (Å²) in [6.07, 6.45) is 1.76. The first kappa shape index (κ1) is 16.0. The zero-order chi connectivity index (χ0) is 15.9. The Morgan fingerprint density at radius 1 is 1.33 bits per heavy atom. The Bertz CT molecular complexity index is 635. The molecule has 7 heteroatoms. The fourth-order valence-corrected chi connectivity index (χ4v) is 2.70. The second kappa shape index (κ2) is 5.77. The number of amides is 1. The molecule has 5 nitrogen and oxygen atoms in total. The Kier molecular flexibility index (Phi) is 4.39. The third-order valence-electron chi connectivity index (χ3n) is 3.39. The molecule has 0 aromatic carbocycles. The van der Waals surface area contributed by atoms with E-state index >= 15 is 0 Å². The fraction of sp³-hybridized carbons (Fsp3) is 0.500. The van der Waals surface area contributed by atoms with Crippen LogP contribution in [-0.4, -0.2) is 44.7 Å². The van der Waals surface area contributed by atoms with Crippen molar-refractivity contribution in [2.24, 2.45) is 5.92 Å². The summed E-state index contributed by atoms with van der Waals surface area (Å²) >= 11 is 11.6. The van der Waals surface area contributed by atoms with Crippen LogP contribution >= 0.6 is 23.8 Å². The van der Waals surface area contributed by atoms with Gasteiger partial charge in [-0.15, -0.1) is 0 Å². The van der Waals surface area contributed by atoms with Gasteiger partial charge in [-0.3, -0.25) is 14.4 Å². The van der Waals surface area contributed by atoms with E-state index in [4.69, 9.17) is 23.8 Å². The van der Waals surface area contributed by atoms with Gasteiger partial charge in [-0.05, 0) is 31.1 Å². The molecule has 0 aliphatic carbocycles. The predicted molar refractivity (Wildman–Crippen MR) is 87.9 cm³/mol. The summed E-state index contributed by atoms with van der Waals surface area (Å²) in [5, 5.41) is 5.48. The van der Waals surface area contributed by atoms with Crippen molar-refractivity contribution in [2.75, 3.05) is 14.1 Å². The maximum absolute atomic E-state index is 12.2. The summed E-state index contributed by atoms with van der Waals surface area (Å²) < 4.78 is 1.77. The Labute approximate surface area is 135 Å². The minimum Gasteiger partial charge on any atom is -0.317 e. The molecule has 0 radical (unpaired) electrons. The maximum Gasteiger partial charge on any atom is 0.276 e. The van der Waals surface area contributed by atoms with Crippen molar-refractivity contribution >= 4 is 40.9 Å². The van der Waals surface area contributed by atoms with Crippen LogP contribution in [0.15, 0.2) is 5.70 Å². The minimum atomic E-state index is -0.130. The van der Waals surface area contributed by atoms with Crippen molar-refractivity contribution in [3.05, 3.63) is 22.1 Å². The van der Waals surface area contributed by atoms with Gasteiger partial charge in [0.1, 0.15) is 10.9 Å². The number of hydrogen-bond donors (Lipinski definition) is 0. The van der Waals surface area contributed by atoms with E-state index in [9.17, 15) is 4.79 Å². The molecular weight excluding hydrogens is 308 g/mol. The summed E-state index contributed by atoms with van der Waals surface area (Å²) in [6, 6.07) is 0. The van der Waals surface area contributed by atoms with Crippen LogP contribution in [0.5, 0.6) is 0 Å². The zero-order valence-electron chi connectivity index (χ0n) is 12.8. The molecule has 0 bridgehead atoms. The molecule has 0 unspecified atom stereocenters. The summed E-state index contributed by atoms with van der Waals surface area (Å²) in [6.45, 7) is 6.84. The van der Waals surface area contributed by atoms with Gasteiger partial charge in [0.15, 0.2) is 5.11 Å². The molecular formula is C14H19ClN4OS. The van der Waals surface area contributed by atoms with E-state index < -0.39 is 0 Å². The third-order valence-corrected chi connectivity index (χ3v) is 4.33. The van der Waals surface area contributed by atoms with Crippen molar-refractivity contribution in [1.29, 1.82) is 0 Å². The van der Waals surface area contributed by atoms with Gasteiger partial charge in [-0.2, -0.15) is 5.10 Å². The van der Waals surface area contributed by atoms with E-state index in [0.717, 1.165) is 17.8 Å². The lowest BCUT2D eigenvalue weighted by atomic mass is 10.2. The molecule has 2 rings (SSSR count). The summed E-state index contributed by atoms with van der Waals surface area (Å²) in [7, 11) is 3.44. The Morgan fingerprint density at radius 3 is 2.43 bits per heavy atom. The molecule has 1 aromatic rings. The second-order valence-corrected chi connectivity index (χ2v) is 6.32. The largest absolute Gasteiger partial charge is 0.317 e. The van der Waals surface area contributed by atoms with Crippen LogP contribution in [0, 0.1) is 12.8 Å². The first-order valence-corrected chi connectivity index (χ1v) is 7.53. The number of carbonyl (C=O) groups excluding carboxylic acids is 1. The van der Waals surface area contributed by atoms with Crippen LogP contribution in [0.3, 0.4) is 0 Å². The number of thiocarbonyl (C=S) groups is 1. The molecule has 1 amide bonds. The van der Waals surface area contributed by atoms with Crippen LogP contribution in [0.25, 0.3) is 6.08 Å². The van der Waals surface area contributed by atoms with Crippen molar-refractivity contribution in [3.8, 4) is 0 Å². The maximum atomic E-state index is 12.2. The standard InChI is InChI=1S/C14H19ClN4OS/c1-8(2)7-19-12(15)10(9(3)16-19)6-11-13(20)18(5)14(21)17(11)4/h6,8H,7H2,1-5H3/b11-6+. The van der Waals surface area contributed by atoms with E-state index in [-0.39, 0.29) is 5.91 Å². The van der Waals surface area contributed by atoms with E-state index in [1.165, 1.54) is 4.90 Å². The van der Waals surface area contributed by atoms with E-state index in [1.54, 1.807) is 29.8 Å². The number of rotatable bonds is 3. The van der Waals surface area contributed by atoms with Crippen molar-refractivity contribution in [3.63, 3.8) is 0 Å². The smallest absolute Gasteiger partial charge is 0.276 e. The topological polar surface area (TPSA) is 41.4 Å². The Hall–Kier alpha value is -1.40. The lowest BCUT2D eigenvalue weighted by Gasteiger charge is -2.11. The molecule has 2 heterocycles. The molecule has 1 fully saturated rings. The highest BCUT2D eigenvalue weighted by molar-refractivity contribution is 7.80. The highest BCUT2D eigenvalue weighted by atomic mass is 35.5. The number of aryl methyl sites for hydroxylation is 1. The van der Waals surface area contributed by atoms with Crippen molar-refractivity contribution < 1.29 is 4.79 Å². The lowest BCUT2D eigenvalue weighted by Crippen LogP contribution is -2.26. The summed E-state index contributed by atoms with van der Waals surface area (Å²) in [5.41, 5.74) is 2.08. The van der Waals surface area contributed by atoms with Crippen LogP contribution in [0.4, 0.5) is 0 Å². The molecule has 114 valence electrons. The molecule has 0 atom stereocenters. The Morgan fingerprint density at radius 2 is 1.95 bits per heavy atom. The first-order chi connectivity index (χ1) is 9.73. The average Bonchev–Trinajstić information content (AvgIpc) is 2.76. The molecule has 1 saturated heterocycles. The zero-order valence-corrected chi connectivity index (χ0v) is 14.4. The number of aromatic nitrogens is 2. The van der Waals surface area contributed by atoms with Gasteiger partial charge >= 0.3 is 0 Å². The van der Waals surface area contributed by atoms with E-state index in [2.05, 4.69) is 18.9 Å². The van der Waals surface area contributed by atoms with E-state index in [0.29, 0.717) is 21.9 Å². The van der Waals surface area contributed by atoms with Crippen LogP contribution in [0.1, 0.15) is 25.1 Å². The molecule has 21 heavy (non-hydrogen) atoms. The van der Waals surface area contributed by atoms with Gasteiger partial charge < -0.3 is 4.90 Å². The number of likely N-dealkylation sites (N-methyl/N-ethyl adjacent to an activating group) is 2. The molecule has 0 saturated carbocycles. The molecule has 1 aromatic heterocycles. The van der Waals surface area contributed by atoms with Crippen LogP contribution in [0.2, 0.25) is 5.15 Å². The van der Waals surface area contributed by atoms with Crippen molar-refractivity contribution in [2.45, 2.75) is 27.3 Å². The molecule has 0 spiro atoms. The summed E-state index contributed by atoms with van der Waals surface area (Å²) in [4.78, 5) is 15.3. The minimum absolute atomic E-state index is 0.130. The fourth-order valence-electron chi connectivity index (χ4n) is 2.22. The number of halogens is 1. The Balaban J connectivity index is 2.44. The number of carbonyl (C=O) groups is 1. The van der Waals surface area contributed by atoms with E-state index in [1.807, 2.05) is 6.92 Å².